The van der Waals surface area contributed by atoms with Crippen LogP contribution in [0.5, 0.6) is 0 Å². The quantitative estimate of drug-likeness (QED) is 0.832. The van der Waals surface area contributed by atoms with Crippen LogP contribution in [-0.4, -0.2) is 35.7 Å². The van der Waals surface area contributed by atoms with Crippen LogP contribution >= 0.6 is 0 Å². The first-order valence-corrected chi connectivity index (χ1v) is 9.40. The first-order valence-electron chi connectivity index (χ1n) is 9.40. The Labute approximate surface area is 157 Å². The van der Waals surface area contributed by atoms with Gasteiger partial charge < -0.3 is 14.7 Å². The molecule has 2 amide bonds. The minimum atomic E-state index is -0.547. The lowest BCUT2D eigenvalue weighted by Gasteiger charge is -2.32. The highest BCUT2D eigenvalue weighted by atomic mass is 19.1. The summed E-state index contributed by atoms with van der Waals surface area (Å²) in [5.74, 6) is 0.193. The Morgan fingerprint density at radius 2 is 2.04 bits per heavy atom. The third-order valence-electron chi connectivity index (χ3n) is 5.06. The number of aromatic nitrogens is 1. The first kappa shape index (κ1) is 19.3. The molecule has 0 spiro atoms. The number of carbonyl (C=O) groups excluding carboxylic acids is 1. The summed E-state index contributed by atoms with van der Waals surface area (Å²) in [6.45, 7) is 3.77. The SMILES string of the molecule is Cc1cc(CCNC(=O)N2CCC(CCc3ccc(F)cc3F)CC2)on1. The Morgan fingerprint density at radius 1 is 1.26 bits per heavy atom. The van der Waals surface area contributed by atoms with Gasteiger partial charge in [0.05, 0.1) is 5.69 Å². The van der Waals surface area contributed by atoms with E-state index in [1.807, 2.05) is 17.9 Å². The van der Waals surface area contributed by atoms with E-state index in [1.54, 1.807) is 0 Å². The highest BCUT2D eigenvalue weighted by Gasteiger charge is 2.22. The van der Waals surface area contributed by atoms with Crippen LogP contribution in [0, 0.1) is 24.5 Å². The van der Waals surface area contributed by atoms with Crippen molar-refractivity contribution in [3.8, 4) is 0 Å². The molecule has 0 radical (unpaired) electrons. The van der Waals surface area contributed by atoms with Crippen molar-refractivity contribution in [2.75, 3.05) is 19.6 Å². The number of hydrogen-bond acceptors (Lipinski definition) is 3. The van der Waals surface area contributed by atoms with Gasteiger partial charge in [-0.25, -0.2) is 13.6 Å². The van der Waals surface area contributed by atoms with Gasteiger partial charge in [-0.1, -0.05) is 11.2 Å². The molecule has 27 heavy (non-hydrogen) atoms. The van der Waals surface area contributed by atoms with Crippen molar-refractivity contribution >= 4 is 6.03 Å². The van der Waals surface area contributed by atoms with Crippen molar-refractivity contribution in [2.24, 2.45) is 5.92 Å². The average Bonchev–Trinajstić information content (AvgIpc) is 3.06. The van der Waals surface area contributed by atoms with E-state index in [2.05, 4.69) is 10.5 Å². The molecule has 2 heterocycles. The number of carbonyl (C=O) groups is 1. The van der Waals surface area contributed by atoms with Crippen LogP contribution in [-0.2, 0) is 12.8 Å². The molecule has 1 aliphatic heterocycles. The number of hydrogen-bond donors (Lipinski definition) is 1. The average molecular weight is 377 g/mol. The fourth-order valence-electron chi connectivity index (χ4n) is 3.45. The van der Waals surface area contributed by atoms with E-state index < -0.39 is 11.6 Å². The zero-order valence-corrected chi connectivity index (χ0v) is 15.5. The van der Waals surface area contributed by atoms with Gasteiger partial charge in [0, 0.05) is 38.2 Å². The van der Waals surface area contributed by atoms with Gasteiger partial charge in [-0.15, -0.1) is 0 Å². The van der Waals surface area contributed by atoms with Crippen LogP contribution in [0.1, 0.15) is 36.3 Å². The monoisotopic (exact) mass is 377 g/mol. The molecule has 1 fully saturated rings. The van der Waals surface area contributed by atoms with E-state index in [0.29, 0.717) is 44.0 Å². The number of benzene rings is 1. The highest BCUT2D eigenvalue weighted by Crippen LogP contribution is 2.23. The molecule has 5 nitrogen and oxygen atoms in total. The lowest BCUT2D eigenvalue weighted by atomic mass is 9.90. The number of nitrogens with zero attached hydrogens (tertiary/aromatic N) is 2. The Balaban J connectivity index is 1.36. The third kappa shape index (κ3) is 5.52. The molecule has 0 aliphatic carbocycles. The van der Waals surface area contributed by atoms with Crippen LogP contribution in [0.25, 0.3) is 0 Å². The molecule has 0 atom stereocenters. The van der Waals surface area contributed by atoms with Crippen molar-refractivity contribution in [1.29, 1.82) is 0 Å². The lowest BCUT2D eigenvalue weighted by molar-refractivity contribution is 0.168. The fraction of sp³-hybridized carbons (Fsp3) is 0.500. The molecule has 1 aromatic carbocycles. The Hall–Kier alpha value is -2.44. The van der Waals surface area contributed by atoms with E-state index in [0.717, 1.165) is 36.8 Å². The number of likely N-dealkylation sites (tertiary alicyclic amines) is 1. The number of amides is 2. The second-order valence-corrected chi connectivity index (χ2v) is 7.12. The second-order valence-electron chi connectivity index (χ2n) is 7.12. The van der Waals surface area contributed by atoms with Crippen molar-refractivity contribution in [3.05, 3.63) is 52.9 Å². The molecule has 3 rings (SSSR count). The maximum Gasteiger partial charge on any atom is 0.317 e. The number of piperidine rings is 1. The van der Waals surface area contributed by atoms with Gasteiger partial charge in [-0.2, -0.15) is 0 Å². The molecule has 0 unspecified atom stereocenters. The lowest BCUT2D eigenvalue weighted by Crippen LogP contribution is -2.45. The van der Waals surface area contributed by atoms with Crippen molar-refractivity contribution < 1.29 is 18.1 Å². The summed E-state index contributed by atoms with van der Waals surface area (Å²) in [6, 6.07) is 5.55. The number of nitrogens with one attached hydrogen (secondary N) is 1. The molecule has 1 N–H and O–H groups in total. The van der Waals surface area contributed by atoms with Crippen LogP contribution in [0.15, 0.2) is 28.8 Å². The number of urea groups is 1. The Bertz CT molecular complexity index is 770. The van der Waals surface area contributed by atoms with Gasteiger partial charge in [0.15, 0.2) is 0 Å². The molecule has 0 bridgehead atoms. The van der Waals surface area contributed by atoms with Gasteiger partial charge in [-0.05, 0) is 50.2 Å². The molecule has 1 saturated heterocycles. The van der Waals surface area contributed by atoms with Crippen LogP contribution < -0.4 is 5.32 Å². The molecule has 146 valence electrons. The predicted molar refractivity (Wildman–Crippen MR) is 97.3 cm³/mol. The van der Waals surface area contributed by atoms with E-state index in [1.165, 1.54) is 12.1 Å². The van der Waals surface area contributed by atoms with E-state index in [-0.39, 0.29) is 6.03 Å². The molecular weight excluding hydrogens is 352 g/mol. The number of aryl methyl sites for hydroxylation is 2. The van der Waals surface area contributed by atoms with E-state index >= 15 is 0 Å². The summed E-state index contributed by atoms with van der Waals surface area (Å²) in [5, 5.41) is 6.73. The van der Waals surface area contributed by atoms with Gasteiger partial charge in [0.1, 0.15) is 17.4 Å². The molecule has 0 saturated carbocycles. The largest absolute Gasteiger partial charge is 0.361 e. The maximum atomic E-state index is 13.7. The molecular formula is C20H25F2N3O2. The summed E-state index contributed by atoms with van der Waals surface area (Å²) < 4.78 is 31.8. The van der Waals surface area contributed by atoms with Gasteiger partial charge in [0.2, 0.25) is 0 Å². The van der Waals surface area contributed by atoms with Crippen LogP contribution in [0.2, 0.25) is 0 Å². The molecule has 1 aliphatic rings. The van der Waals surface area contributed by atoms with Gasteiger partial charge in [-0.3, -0.25) is 0 Å². The molecule has 2 aromatic rings. The minimum absolute atomic E-state index is 0.0609. The number of halogens is 2. The molecule has 1 aromatic heterocycles. The van der Waals surface area contributed by atoms with Gasteiger partial charge in [0.25, 0.3) is 0 Å². The zero-order chi connectivity index (χ0) is 19.2. The Kier molecular flexibility index (Phi) is 6.42. The normalized spacial score (nSPS) is 15.1. The first-order chi connectivity index (χ1) is 13.0. The highest BCUT2D eigenvalue weighted by molar-refractivity contribution is 5.74. The fourth-order valence-corrected chi connectivity index (χ4v) is 3.45. The van der Waals surface area contributed by atoms with Gasteiger partial charge >= 0.3 is 6.03 Å². The zero-order valence-electron chi connectivity index (χ0n) is 15.5. The van der Waals surface area contributed by atoms with E-state index in [4.69, 9.17) is 4.52 Å². The summed E-state index contributed by atoms with van der Waals surface area (Å²) in [6.07, 6.45) is 3.86. The summed E-state index contributed by atoms with van der Waals surface area (Å²) in [5.41, 5.74) is 1.39. The number of rotatable bonds is 6. The van der Waals surface area contributed by atoms with Crippen molar-refractivity contribution in [3.63, 3.8) is 0 Å². The van der Waals surface area contributed by atoms with Crippen molar-refractivity contribution in [2.45, 2.75) is 39.0 Å². The standard InChI is InChI=1S/C20H25F2N3O2/c1-14-12-18(27-24-14)6-9-23-20(26)25-10-7-15(8-11-25)2-3-16-4-5-17(21)13-19(16)22/h4-5,12-13,15H,2-3,6-11H2,1H3,(H,23,26). The summed E-state index contributed by atoms with van der Waals surface area (Å²) in [4.78, 5) is 14.1. The topological polar surface area (TPSA) is 58.4 Å². The summed E-state index contributed by atoms with van der Waals surface area (Å²) in [7, 11) is 0. The minimum Gasteiger partial charge on any atom is -0.361 e. The second kappa shape index (κ2) is 8.97. The smallest absolute Gasteiger partial charge is 0.317 e. The Morgan fingerprint density at radius 3 is 2.70 bits per heavy atom. The van der Waals surface area contributed by atoms with Crippen molar-refractivity contribution in [1.82, 2.24) is 15.4 Å². The maximum absolute atomic E-state index is 13.7. The van der Waals surface area contributed by atoms with Crippen LogP contribution in [0.3, 0.4) is 0 Å². The third-order valence-corrected chi connectivity index (χ3v) is 5.06. The summed E-state index contributed by atoms with van der Waals surface area (Å²) >= 11 is 0. The van der Waals surface area contributed by atoms with E-state index in [9.17, 15) is 13.6 Å². The molecule has 7 heteroatoms. The predicted octanol–water partition coefficient (Wildman–Crippen LogP) is 3.86. The van der Waals surface area contributed by atoms with Crippen LogP contribution in [0.4, 0.5) is 13.6 Å².